The van der Waals surface area contributed by atoms with E-state index in [-0.39, 0.29) is 4.90 Å². The van der Waals surface area contributed by atoms with Crippen LogP contribution in [0.25, 0.3) is 0 Å². The van der Waals surface area contributed by atoms with Crippen LogP contribution in [0.2, 0.25) is 0 Å². The first-order valence-electron chi connectivity index (χ1n) is 3.08. The molecular weight excluding hydrogens is 209 g/mol. The number of rotatable bonds is 2. The smallest absolute Gasteiger partial charge is 0.302 e. The largest absolute Gasteiger partial charge is 0.408 e. The molecule has 0 saturated heterocycles. The summed E-state index contributed by atoms with van der Waals surface area (Å²) in [5.41, 5.74) is 0. The van der Waals surface area contributed by atoms with E-state index < -0.39 is 23.8 Å². The van der Waals surface area contributed by atoms with Gasteiger partial charge in [0, 0.05) is 6.20 Å². The van der Waals surface area contributed by atoms with E-state index in [0.717, 1.165) is 12.4 Å². The van der Waals surface area contributed by atoms with E-state index in [2.05, 4.69) is 5.10 Å². The third-order valence-corrected chi connectivity index (χ3v) is 1.77. The van der Waals surface area contributed by atoms with Crippen molar-refractivity contribution in [1.29, 1.82) is 0 Å². The number of aromatic nitrogens is 2. The van der Waals surface area contributed by atoms with Crippen molar-refractivity contribution in [2.75, 3.05) is 0 Å². The van der Waals surface area contributed by atoms with E-state index >= 15 is 0 Å². The molecule has 0 radical (unpaired) electrons. The van der Waals surface area contributed by atoms with Crippen LogP contribution in [-0.4, -0.2) is 24.7 Å². The SMILES string of the molecule is O=S(O)c1cnn(CC(F)(F)F)c1. The van der Waals surface area contributed by atoms with Gasteiger partial charge in [0.25, 0.3) is 0 Å². The lowest BCUT2D eigenvalue weighted by atomic mass is 10.6. The molecule has 8 heteroatoms. The first kappa shape index (κ1) is 10.2. The Morgan fingerprint density at radius 3 is 2.62 bits per heavy atom. The van der Waals surface area contributed by atoms with Crippen LogP contribution in [0.5, 0.6) is 0 Å². The zero-order chi connectivity index (χ0) is 10.1. The van der Waals surface area contributed by atoms with Gasteiger partial charge in [-0.1, -0.05) is 0 Å². The predicted molar refractivity (Wildman–Crippen MR) is 37.3 cm³/mol. The molecule has 74 valence electrons. The molecule has 13 heavy (non-hydrogen) atoms. The van der Waals surface area contributed by atoms with Gasteiger partial charge in [0.1, 0.15) is 11.4 Å². The van der Waals surface area contributed by atoms with Gasteiger partial charge in [-0.3, -0.25) is 4.68 Å². The van der Waals surface area contributed by atoms with Gasteiger partial charge < -0.3 is 4.55 Å². The minimum atomic E-state index is -4.37. The maximum Gasteiger partial charge on any atom is 0.408 e. The van der Waals surface area contributed by atoms with E-state index in [9.17, 15) is 17.4 Å². The number of halogens is 3. The molecule has 1 aromatic heterocycles. The van der Waals surface area contributed by atoms with Crippen molar-refractivity contribution in [3.8, 4) is 0 Å². The fourth-order valence-corrected chi connectivity index (χ4v) is 1.05. The summed E-state index contributed by atoms with van der Waals surface area (Å²) in [7, 11) is 0. The Morgan fingerprint density at radius 2 is 2.23 bits per heavy atom. The van der Waals surface area contributed by atoms with Gasteiger partial charge in [-0.15, -0.1) is 0 Å². The Morgan fingerprint density at radius 1 is 1.62 bits per heavy atom. The van der Waals surface area contributed by atoms with Gasteiger partial charge >= 0.3 is 6.18 Å². The highest BCUT2D eigenvalue weighted by Gasteiger charge is 2.28. The number of hydrogen-bond acceptors (Lipinski definition) is 2. The third kappa shape index (κ3) is 3.15. The van der Waals surface area contributed by atoms with Gasteiger partial charge in [0.2, 0.25) is 0 Å². The Kier molecular flexibility index (Phi) is 2.71. The fourth-order valence-electron chi connectivity index (χ4n) is 0.705. The predicted octanol–water partition coefficient (Wildman–Crippen LogP) is 1.03. The fraction of sp³-hybridized carbons (Fsp3) is 0.400. The molecule has 1 atom stereocenters. The molecule has 0 aromatic carbocycles. The topological polar surface area (TPSA) is 55.1 Å². The van der Waals surface area contributed by atoms with Crippen LogP contribution < -0.4 is 0 Å². The van der Waals surface area contributed by atoms with Crippen LogP contribution in [0.15, 0.2) is 17.3 Å². The summed E-state index contributed by atoms with van der Waals surface area (Å²) in [6.45, 7) is -1.26. The first-order valence-corrected chi connectivity index (χ1v) is 4.19. The molecule has 0 spiro atoms. The lowest BCUT2D eigenvalue weighted by Crippen LogP contribution is -2.17. The second-order valence-electron chi connectivity index (χ2n) is 2.24. The number of hydrogen-bond donors (Lipinski definition) is 1. The zero-order valence-corrected chi connectivity index (χ0v) is 6.97. The Labute approximate surface area is 73.6 Å². The van der Waals surface area contributed by atoms with Crippen LogP contribution in [0.1, 0.15) is 0 Å². The maximum atomic E-state index is 11.8. The normalized spacial score (nSPS) is 14.5. The van der Waals surface area contributed by atoms with Crippen molar-refractivity contribution in [2.24, 2.45) is 0 Å². The summed E-state index contributed by atoms with van der Waals surface area (Å²) in [6.07, 6.45) is -2.58. The molecule has 4 nitrogen and oxygen atoms in total. The summed E-state index contributed by atoms with van der Waals surface area (Å²) in [6, 6.07) is 0. The molecule has 1 N–H and O–H groups in total. The van der Waals surface area contributed by atoms with Crippen molar-refractivity contribution < 1.29 is 21.9 Å². The molecule has 0 bridgehead atoms. The van der Waals surface area contributed by atoms with Crippen molar-refractivity contribution in [3.63, 3.8) is 0 Å². The first-order chi connectivity index (χ1) is 5.88. The summed E-state index contributed by atoms with van der Waals surface area (Å²) in [5.74, 6) is 0. The van der Waals surface area contributed by atoms with Gasteiger partial charge in [-0.05, 0) is 0 Å². The van der Waals surface area contributed by atoms with Crippen LogP contribution in [-0.2, 0) is 17.6 Å². The van der Waals surface area contributed by atoms with Crippen LogP contribution in [0.4, 0.5) is 13.2 Å². The molecule has 0 fully saturated rings. The second-order valence-corrected chi connectivity index (χ2v) is 3.21. The van der Waals surface area contributed by atoms with Gasteiger partial charge in [0.05, 0.1) is 6.20 Å². The van der Waals surface area contributed by atoms with E-state index in [1.807, 2.05) is 0 Å². The number of alkyl halides is 3. The van der Waals surface area contributed by atoms with Gasteiger partial charge in [-0.25, -0.2) is 4.21 Å². The zero-order valence-electron chi connectivity index (χ0n) is 6.15. The quantitative estimate of drug-likeness (QED) is 0.748. The third-order valence-electron chi connectivity index (χ3n) is 1.15. The molecule has 0 saturated carbocycles. The summed E-state index contributed by atoms with van der Waals surface area (Å²) in [4.78, 5) is -0.149. The average Bonchev–Trinajstić information content (AvgIpc) is 2.31. The molecule has 1 rings (SSSR count). The van der Waals surface area contributed by atoms with Crippen LogP contribution in [0, 0.1) is 0 Å². The van der Waals surface area contributed by atoms with Crippen molar-refractivity contribution >= 4 is 11.1 Å². The Hall–Kier alpha value is -0.890. The molecular formula is C5H5F3N2O2S. The Balaban J connectivity index is 2.75. The van der Waals surface area contributed by atoms with Crippen molar-refractivity contribution in [2.45, 2.75) is 17.6 Å². The van der Waals surface area contributed by atoms with Gasteiger partial charge in [0.15, 0.2) is 11.1 Å². The van der Waals surface area contributed by atoms with Crippen molar-refractivity contribution in [3.05, 3.63) is 12.4 Å². The van der Waals surface area contributed by atoms with Crippen molar-refractivity contribution in [1.82, 2.24) is 9.78 Å². The van der Waals surface area contributed by atoms with E-state index in [1.54, 1.807) is 0 Å². The monoisotopic (exact) mass is 214 g/mol. The molecule has 0 amide bonds. The molecule has 0 aliphatic rings. The lowest BCUT2D eigenvalue weighted by molar-refractivity contribution is -0.142. The lowest BCUT2D eigenvalue weighted by Gasteiger charge is -2.04. The van der Waals surface area contributed by atoms with E-state index in [0.29, 0.717) is 4.68 Å². The highest BCUT2D eigenvalue weighted by molar-refractivity contribution is 7.79. The summed E-state index contributed by atoms with van der Waals surface area (Å²) >= 11 is -2.29. The number of nitrogens with zero attached hydrogens (tertiary/aromatic N) is 2. The molecule has 1 heterocycles. The Bertz CT molecular complexity index is 322. The highest BCUT2D eigenvalue weighted by atomic mass is 32.2. The molecule has 1 unspecified atom stereocenters. The highest BCUT2D eigenvalue weighted by Crippen LogP contribution is 2.17. The second kappa shape index (κ2) is 3.46. The van der Waals surface area contributed by atoms with Crippen LogP contribution >= 0.6 is 0 Å². The molecule has 0 aliphatic carbocycles. The van der Waals surface area contributed by atoms with E-state index in [1.165, 1.54) is 0 Å². The van der Waals surface area contributed by atoms with Gasteiger partial charge in [-0.2, -0.15) is 18.3 Å². The average molecular weight is 214 g/mol. The van der Waals surface area contributed by atoms with Crippen LogP contribution in [0.3, 0.4) is 0 Å². The summed E-state index contributed by atoms with van der Waals surface area (Å²) in [5, 5.41) is 3.27. The molecule has 0 aliphatic heterocycles. The van der Waals surface area contributed by atoms with E-state index in [4.69, 9.17) is 4.55 Å². The standard InChI is InChI=1S/C5H5F3N2O2S/c6-5(7,8)3-10-2-4(1-9-10)13(11)12/h1-2H,3H2,(H,11,12). The molecule has 1 aromatic rings. The minimum Gasteiger partial charge on any atom is -0.302 e. The summed E-state index contributed by atoms with van der Waals surface area (Å²) < 4.78 is 54.6. The maximum absolute atomic E-state index is 11.8. The minimum absolute atomic E-state index is 0.149.